The molecule has 3 nitrogen and oxygen atoms in total. The maximum absolute atomic E-state index is 5.76. The van der Waals surface area contributed by atoms with Gasteiger partial charge in [-0.05, 0) is 25.5 Å². The van der Waals surface area contributed by atoms with E-state index in [1.807, 2.05) is 31.3 Å². The van der Waals surface area contributed by atoms with Crippen LogP contribution in [0.15, 0.2) is 31.0 Å². The number of anilines is 1. The van der Waals surface area contributed by atoms with E-state index in [2.05, 4.69) is 23.4 Å². The summed E-state index contributed by atoms with van der Waals surface area (Å²) in [6.07, 6.45) is 3.72. The van der Waals surface area contributed by atoms with Gasteiger partial charge < -0.3 is 10.6 Å². The Bertz CT molecular complexity index is 303. The van der Waals surface area contributed by atoms with Gasteiger partial charge in [-0.15, -0.1) is 6.58 Å². The van der Waals surface area contributed by atoms with Crippen molar-refractivity contribution in [1.82, 2.24) is 4.98 Å². The molecule has 0 radical (unpaired) electrons. The highest BCUT2D eigenvalue weighted by atomic mass is 15.2. The number of likely N-dealkylation sites (N-methyl/N-ethyl adjacent to an activating group) is 1. The first-order chi connectivity index (χ1) is 7.19. The summed E-state index contributed by atoms with van der Waals surface area (Å²) >= 11 is 0. The first-order valence-electron chi connectivity index (χ1n) is 5.26. The second kappa shape index (κ2) is 5.51. The van der Waals surface area contributed by atoms with Crippen LogP contribution >= 0.6 is 0 Å². The van der Waals surface area contributed by atoms with Crippen LogP contribution in [0.25, 0.3) is 0 Å². The first kappa shape index (κ1) is 11.7. The Balaban J connectivity index is 2.81. The molecule has 1 rings (SSSR count). The zero-order chi connectivity index (χ0) is 11.3. The van der Waals surface area contributed by atoms with Crippen molar-refractivity contribution in [1.29, 1.82) is 0 Å². The molecule has 0 aliphatic heterocycles. The molecule has 0 saturated carbocycles. The lowest BCUT2D eigenvalue weighted by atomic mass is 10.1. The van der Waals surface area contributed by atoms with E-state index in [0.29, 0.717) is 0 Å². The lowest BCUT2D eigenvalue weighted by molar-refractivity contribution is 0.806. The predicted octanol–water partition coefficient (Wildman–Crippen LogP) is 2.11. The Labute approximate surface area is 91.6 Å². The largest absolute Gasteiger partial charge is 0.353 e. The highest BCUT2D eigenvalue weighted by Gasteiger charge is 2.04. The fraction of sp³-hybridized carbons (Fsp3) is 0.417. The molecule has 0 aromatic carbocycles. The van der Waals surface area contributed by atoms with E-state index >= 15 is 0 Å². The minimum absolute atomic E-state index is 0.0426. The Morgan fingerprint density at radius 3 is 2.73 bits per heavy atom. The molecule has 0 aliphatic rings. The summed E-state index contributed by atoms with van der Waals surface area (Å²) in [5.74, 6) is 0.974. The van der Waals surface area contributed by atoms with Crippen molar-refractivity contribution in [2.24, 2.45) is 5.73 Å². The molecular formula is C12H19N3. The van der Waals surface area contributed by atoms with Gasteiger partial charge in [0.2, 0.25) is 0 Å². The molecule has 15 heavy (non-hydrogen) atoms. The van der Waals surface area contributed by atoms with Gasteiger partial charge >= 0.3 is 0 Å². The van der Waals surface area contributed by atoms with Crippen LogP contribution in [-0.2, 0) is 0 Å². The number of aromatic nitrogens is 1. The minimum atomic E-state index is 0.0426. The number of nitrogens with two attached hydrogens (primary N) is 1. The van der Waals surface area contributed by atoms with Crippen molar-refractivity contribution < 1.29 is 0 Å². The topological polar surface area (TPSA) is 42.1 Å². The van der Waals surface area contributed by atoms with E-state index in [1.165, 1.54) is 0 Å². The van der Waals surface area contributed by atoms with Crippen LogP contribution in [0.1, 0.15) is 25.5 Å². The molecule has 0 bridgehead atoms. The van der Waals surface area contributed by atoms with Crippen LogP contribution in [0.2, 0.25) is 0 Å². The van der Waals surface area contributed by atoms with Crippen LogP contribution in [0.4, 0.5) is 5.82 Å². The molecular weight excluding hydrogens is 186 g/mol. The van der Waals surface area contributed by atoms with Gasteiger partial charge in [0.05, 0.1) is 0 Å². The summed E-state index contributed by atoms with van der Waals surface area (Å²) in [6.45, 7) is 9.54. The van der Waals surface area contributed by atoms with E-state index in [4.69, 9.17) is 5.73 Å². The number of nitrogens with zero attached hydrogens (tertiary/aromatic N) is 2. The smallest absolute Gasteiger partial charge is 0.128 e. The molecule has 1 aromatic heterocycles. The van der Waals surface area contributed by atoms with E-state index < -0.39 is 0 Å². The van der Waals surface area contributed by atoms with Crippen molar-refractivity contribution in [3.8, 4) is 0 Å². The van der Waals surface area contributed by atoms with Crippen LogP contribution in [0, 0.1) is 0 Å². The third-order valence-electron chi connectivity index (χ3n) is 2.35. The molecule has 0 aliphatic carbocycles. The van der Waals surface area contributed by atoms with E-state index in [9.17, 15) is 0 Å². The Kier molecular flexibility index (Phi) is 4.31. The summed E-state index contributed by atoms with van der Waals surface area (Å²) < 4.78 is 0. The molecule has 2 N–H and O–H groups in total. The second-order valence-corrected chi connectivity index (χ2v) is 3.57. The third kappa shape index (κ3) is 3.06. The monoisotopic (exact) mass is 205 g/mol. The molecule has 0 saturated heterocycles. The van der Waals surface area contributed by atoms with Crippen LogP contribution in [0.3, 0.4) is 0 Å². The van der Waals surface area contributed by atoms with Gasteiger partial charge in [-0.2, -0.15) is 0 Å². The van der Waals surface area contributed by atoms with E-state index in [0.717, 1.165) is 24.5 Å². The summed E-state index contributed by atoms with van der Waals surface area (Å²) in [7, 11) is 0. The Morgan fingerprint density at radius 2 is 2.33 bits per heavy atom. The number of rotatable bonds is 5. The number of pyridine rings is 1. The molecule has 0 unspecified atom stereocenters. The zero-order valence-corrected chi connectivity index (χ0v) is 9.48. The Hall–Kier alpha value is -1.35. The molecule has 82 valence electrons. The summed E-state index contributed by atoms with van der Waals surface area (Å²) in [5, 5.41) is 0. The fourth-order valence-corrected chi connectivity index (χ4v) is 1.39. The first-order valence-corrected chi connectivity index (χ1v) is 5.26. The SMILES string of the molecule is C=CCN(CC)c1ccc([C@H](C)N)cn1. The highest BCUT2D eigenvalue weighted by molar-refractivity contribution is 5.40. The van der Waals surface area contributed by atoms with Crippen molar-refractivity contribution in [2.45, 2.75) is 19.9 Å². The highest BCUT2D eigenvalue weighted by Crippen LogP contribution is 2.14. The molecule has 1 atom stereocenters. The van der Waals surface area contributed by atoms with Gasteiger partial charge in [-0.3, -0.25) is 0 Å². The summed E-state index contributed by atoms with van der Waals surface area (Å²) in [4.78, 5) is 6.54. The summed E-state index contributed by atoms with van der Waals surface area (Å²) in [5.41, 5.74) is 6.82. The van der Waals surface area contributed by atoms with Gasteiger partial charge in [0.25, 0.3) is 0 Å². The third-order valence-corrected chi connectivity index (χ3v) is 2.35. The standard InChI is InChI=1S/C12H19N3/c1-4-8-15(5-2)12-7-6-11(9-14-12)10(3)13/h4,6-7,9-10H,1,5,8,13H2,2-3H3/t10-/m0/s1. The molecule has 1 aromatic rings. The molecule has 1 heterocycles. The van der Waals surface area contributed by atoms with Crippen LogP contribution < -0.4 is 10.6 Å². The van der Waals surface area contributed by atoms with Gasteiger partial charge in [-0.25, -0.2) is 4.98 Å². The zero-order valence-electron chi connectivity index (χ0n) is 9.48. The van der Waals surface area contributed by atoms with Gasteiger partial charge in [-0.1, -0.05) is 12.1 Å². The maximum atomic E-state index is 5.76. The Morgan fingerprint density at radius 1 is 1.60 bits per heavy atom. The van der Waals surface area contributed by atoms with Crippen molar-refractivity contribution in [2.75, 3.05) is 18.0 Å². The van der Waals surface area contributed by atoms with Gasteiger partial charge in [0, 0.05) is 25.3 Å². The lowest BCUT2D eigenvalue weighted by Crippen LogP contribution is -2.23. The average Bonchev–Trinajstić information content (AvgIpc) is 2.26. The number of hydrogen-bond donors (Lipinski definition) is 1. The van der Waals surface area contributed by atoms with Crippen LogP contribution in [0.5, 0.6) is 0 Å². The predicted molar refractivity (Wildman–Crippen MR) is 64.9 cm³/mol. The van der Waals surface area contributed by atoms with Crippen molar-refractivity contribution >= 4 is 5.82 Å². The van der Waals surface area contributed by atoms with E-state index in [1.54, 1.807) is 0 Å². The van der Waals surface area contributed by atoms with Gasteiger partial charge in [0.1, 0.15) is 5.82 Å². The number of hydrogen-bond acceptors (Lipinski definition) is 3. The molecule has 0 spiro atoms. The van der Waals surface area contributed by atoms with E-state index in [-0.39, 0.29) is 6.04 Å². The molecule has 0 fully saturated rings. The maximum Gasteiger partial charge on any atom is 0.128 e. The van der Waals surface area contributed by atoms with Crippen molar-refractivity contribution in [3.05, 3.63) is 36.5 Å². The quantitative estimate of drug-likeness (QED) is 0.749. The minimum Gasteiger partial charge on any atom is -0.353 e. The average molecular weight is 205 g/mol. The van der Waals surface area contributed by atoms with Crippen LogP contribution in [-0.4, -0.2) is 18.1 Å². The molecule has 0 amide bonds. The lowest BCUT2D eigenvalue weighted by Gasteiger charge is -2.20. The molecule has 3 heteroatoms. The fourth-order valence-electron chi connectivity index (χ4n) is 1.39. The summed E-state index contributed by atoms with van der Waals surface area (Å²) in [6, 6.07) is 4.07. The van der Waals surface area contributed by atoms with Crippen molar-refractivity contribution in [3.63, 3.8) is 0 Å². The van der Waals surface area contributed by atoms with Gasteiger partial charge in [0.15, 0.2) is 0 Å². The second-order valence-electron chi connectivity index (χ2n) is 3.57. The normalized spacial score (nSPS) is 12.2.